The molecule has 0 aromatic carbocycles. The molecule has 0 unspecified atom stereocenters. The Morgan fingerprint density at radius 1 is 1.55 bits per heavy atom. The zero-order valence-corrected chi connectivity index (χ0v) is 7.78. The van der Waals surface area contributed by atoms with Gasteiger partial charge in [0.25, 0.3) is 0 Å². The maximum Gasteiger partial charge on any atom is 0.0395 e. The molecule has 1 N–H and O–H groups in total. The largest absolute Gasteiger partial charge is 0.309 e. The van der Waals surface area contributed by atoms with Crippen molar-refractivity contribution in [2.24, 2.45) is 0 Å². The van der Waals surface area contributed by atoms with Gasteiger partial charge in [-0.25, -0.2) is 0 Å². The highest BCUT2D eigenvalue weighted by Gasteiger charge is 1.92. The predicted molar refractivity (Wildman–Crippen MR) is 51.4 cm³/mol. The lowest BCUT2D eigenvalue weighted by atomic mass is 10.2. The van der Waals surface area contributed by atoms with Gasteiger partial charge in [0.2, 0.25) is 0 Å². The molecule has 0 amide bonds. The van der Waals surface area contributed by atoms with Gasteiger partial charge < -0.3 is 5.41 Å². The van der Waals surface area contributed by atoms with Crippen molar-refractivity contribution < 1.29 is 0 Å². The third-order valence-corrected chi connectivity index (χ3v) is 1.77. The Morgan fingerprint density at radius 2 is 2.18 bits per heavy atom. The molecule has 0 spiro atoms. The third kappa shape index (κ3) is 4.79. The summed E-state index contributed by atoms with van der Waals surface area (Å²) < 4.78 is 0. The van der Waals surface area contributed by atoms with Crippen molar-refractivity contribution >= 4 is 17.8 Å². The molecule has 0 aliphatic heterocycles. The average Bonchev–Trinajstić information content (AvgIpc) is 2.00. The van der Waals surface area contributed by atoms with Crippen LogP contribution in [-0.4, -0.2) is 6.21 Å². The fraction of sp³-hybridized carbons (Fsp3) is 0.444. The van der Waals surface area contributed by atoms with Gasteiger partial charge in [0.05, 0.1) is 0 Å². The van der Waals surface area contributed by atoms with E-state index < -0.39 is 0 Å². The van der Waals surface area contributed by atoms with Crippen molar-refractivity contribution in [3.05, 3.63) is 22.8 Å². The normalized spacial score (nSPS) is 13.4. The fourth-order valence-electron chi connectivity index (χ4n) is 0.637. The minimum absolute atomic E-state index is 0.760. The van der Waals surface area contributed by atoms with E-state index in [1.165, 1.54) is 6.21 Å². The molecular formula is C9H14ClN. The van der Waals surface area contributed by atoms with E-state index in [1.54, 1.807) is 6.08 Å². The van der Waals surface area contributed by atoms with Gasteiger partial charge in [-0.1, -0.05) is 31.0 Å². The third-order valence-electron chi connectivity index (χ3n) is 1.32. The lowest BCUT2D eigenvalue weighted by molar-refractivity contribution is 0.956. The van der Waals surface area contributed by atoms with Crippen molar-refractivity contribution in [3.8, 4) is 0 Å². The molecular weight excluding hydrogens is 158 g/mol. The molecule has 0 radical (unpaired) electrons. The molecule has 0 aromatic rings. The highest BCUT2D eigenvalue weighted by atomic mass is 35.5. The van der Waals surface area contributed by atoms with E-state index in [-0.39, 0.29) is 0 Å². The minimum Gasteiger partial charge on any atom is -0.309 e. The van der Waals surface area contributed by atoms with Crippen molar-refractivity contribution in [1.82, 2.24) is 0 Å². The van der Waals surface area contributed by atoms with Crippen LogP contribution in [0.4, 0.5) is 0 Å². The Kier molecular flexibility index (Phi) is 5.86. The lowest BCUT2D eigenvalue weighted by Crippen LogP contribution is -1.77. The first-order valence-corrected chi connectivity index (χ1v) is 4.13. The van der Waals surface area contributed by atoms with Crippen LogP contribution in [0.2, 0.25) is 0 Å². The quantitative estimate of drug-likeness (QED) is 0.495. The second-order valence-electron chi connectivity index (χ2n) is 2.36. The van der Waals surface area contributed by atoms with E-state index in [1.807, 2.05) is 13.0 Å². The molecule has 0 heterocycles. The van der Waals surface area contributed by atoms with Gasteiger partial charge in [-0.3, -0.25) is 0 Å². The van der Waals surface area contributed by atoms with Gasteiger partial charge in [0.15, 0.2) is 0 Å². The molecule has 62 valence electrons. The molecule has 0 atom stereocenters. The summed E-state index contributed by atoms with van der Waals surface area (Å²) in [5.41, 5.74) is 0.954. The summed E-state index contributed by atoms with van der Waals surface area (Å²) >= 11 is 5.88. The van der Waals surface area contributed by atoms with E-state index in [0.29, 0.717) is 0 Å². The zero-order chi connectivity index (χ0) is 8.69. The number of unbranched alkanes of at least 4 members (excludes halogenated alkanes) is 1. The van der Waals surface area contributed by atoms with Gasteiger partial charge in [0.1, 0.15) is 0 Å². The minimum atomic E-state index is 0.760. The van der Waals surface area contributed by atoms with Crippen LogP contribution >= 0.6 is 11.6 Å². The summed E-state index contributed by atoms with van der Waals surface area (Å²) in [7, 11) is 0. The standard InChI is InChI=1S/C9H14ClN/c1-3-4-5-9(10)8(2)6-7-11/h5-7,11H,3-4H2,1-2H3/b8-6-,9-5-,11-7?. The van der Waals surface area contributed by atoms with Crippen LogP contribution in [-0.2, 0) is 0 Å². The van der Waals surface area contributed by atoms with Crippen LogP contribution in [0.1, 0.15) is 26.7 Å². The molecule has 0 aromatic heterocycles. The summed E-state index contributed by atoms with van der Waals surface area (Å²) in [6, 6.07) is 0. The molecule has 11 heavy (non-hydrogen) atoms. The summed E-state index contributed by atoms with van der Waals surface area (Å²) in [5.74, 6) is 0. The number of hydrogen-bond donors (Lipinski definition) is 1. The molecule has 0 rings (SSSR count). The Bertz CT molecular complexity index is 180. The maximum absolute atomic E-state index is 6.82. The van der Waals surface area contributed by atoms with E-state index in [9.17, 15) is 0 Å². The Balaban J connectivity index is 4.10. The molecule has 1 nitrogen and oxygen atoms in total. The van der Waals surface area contributed by atoms with Crippen LogP contribution in [0.3, 0.4) is 0 Å². The van der Waals surface area contributed by atoms with Crippen molar-refractivity contribution in [2.75, 3.05) is 0 Å². The van der Waals surface area contributed by atoms with Crippen LogP contribution in [0, 0.1) is 5.41 Å². The monoisotopic (exact) mass is 171 g/mol. The highest BCUT2D eigenvalue weighted by molar-refractivity contribution is 6.32. The van der Waals surface area contributed by atoms with Crippen LogP contribution < -0.4 is 0 Å². The zero-order valence-electron chi connectivity index (χ0n) is 7.02. The number of hydrogen-bond acceptors (Lipinski definition) is 1. The number of rotatable bonds is 4. The van der Waals surface area contributed by atoms with Crippen LogP contribution in [0.25, 0.3) is 0 Å². The predicted octanol–water partition coefficient (Wildman–Crippen LogP) is 3.51. The molecule has 0 aliphatic rings. The lowest BCUT2D eigenvalue weighted by Gasteiger charge is -1.95. The Labute approximate surface area is 73.3 Å². The SMILES string of the molecule is CCC/C=C(Cl)/C(C)=C\C=N. The van der Waals surface area contributed by atoms with Gasteiger partial charge in [-0.2, -0.15) is 0 Å². The van der Waals surface area contributed by atoms with E-state index >= 15 is 0 Å². The van der Waals surface area contributed by atoms with E-state index in [0.717, 1.165) is 23.4 Å². The van der Waals surface area contributed by atoms with Gasteiger partial charge in [0, 0.05) is 11.2 Å². The first-order valence-electron chi connectivity index (χ1n) is 3.75. The first-order chi connectivity index (χ1) is 5.22. The summed E-state index contributed by atoms with van der Waals surface area (Å²) in [4.78, 5) is 0. The smallest absolute Gasteiger partial charge is 0.0395 e. The molecule has 0 saturated carbocycles. The summed E-state index contributed by atoms with van der Waals surface area (Å²) in [5, 5.41) is 7.58. The summed E-state index contributed by atoms with van der Waals surface area (Å²) in [6.45, 7) is 4.01. The van der Waals surface area contributed by atoms with Crippen molar-refractivity contribution in [3.63, 3.8) is 0 Å². The van der Waals surface area contributed by atoms with Crippen molar-refractivity contribution in [1.29, 1.82) is 5.41 Å². The number of allylic oxidation sites excluding steroid dienone is 4. The molecule has 0 bridgehead atoms. The van der Waals surface area contributed by atoms with Gasteiger partial charge in [-0.05, 0) is 25.0 Å². The summed E-state index contributed by atoms with van der Waals surface area (Å²) in [6.07, 6.45) is 7.03. The van der Waals surface area contributed by atoms with Crippen LogP contribution in [0.5, 0.6) is 0 Å². The Morgan fingerprint density at radius 3 is 2.64 bits per heavy atom. The second-order valence-corrected chi connectivity index (χ2v) is 2.76. The molecule has 2 heteroatoms. The fourth-order valence-corrected chi connectivity index (χ4v) is 0.809. The molecule has 0 aliphatic carbocycles. The van der Waals surface area contributed by atoms with E-state index in [2.05, 4.69) is 6.92 Å². The Hall–Kier alpha value is -0.560. The van der Waals surface area contributed by atoms with Crippen molar-refractivity contribution in [2.45, 2.75) is 26.7 Å². The molecule has 0 fully saturated rings. The molecule has 0 saturated heterocycles. The first kappa shape index (κ1) is 10.4. The van der Waals surface area contributed by atoms with Gasteiger partial charge >= 0.3 is 0 Å². The topological polar surface area (TPSA) is 23.9 Å². The maximum atomic E-state index is 6.82. The van der Waals surface area contributed by atoms with Gasteiger partial charge in [-0.15, -0.1) is 0 Å². The highest BCUT2D eigenvalue weighted by Crippen LogP contribution is 2.14. The van der Waals surface area contributed by atoms with E-state index in [4.69, 9.17) is 17.0 Å². The second kappa shape index (κ2) is 6.17. The number of halogens is 1. The number of nitrogens with one attached hydrogen (secondary N) is 1. The van der Waals surface area contributed by atoms with Crippen LogP contribution in [0.15, 0.2) is 22.8 Å². The average molecular weight is 172 g/mol.